The van der Waals surface area contributed by atoms with Gasteiger partial charge in [-0.05, 0) is 36.4 Å². The molecule has 0 spiro atoms. The van der Waals surface area contributed by atoms with Crippen LogP contribution in [0.15, 0.2) is 56.5 Å². The van der Waals surface area contributed by atoms with Crippen molar-refractivity contribution in [3.63, 3.8) is 0 Å². The number of fused-ring (bicyclic) bond motifs is 1. The molecule has 0 aliphatic rings. The maximum atomic E-state index is 13.3. The van der Waals surface area contributed by atoms with E-state index >= 15 is 0 Å². The minimum absolute atomic E-state index is 0.110. The normalized spacial score (nSPS) is 10.8. The summed E-state index contributed by atoms with van der Waals surface area (Å²) in [5.41, 5.74) is -0.331. The first-order valence-corrected chi connectivity index (χ1v) is 6.10. The number of methoxy groups -OCH3 is 1. The van der Waals surface area contributed by atoms with Crippen LogP contribution in [0.1, 0.15) is 0 Å². The molecule has 1 aromatic heterocycles. The summed E-state index contributed by atoms with van der Waals surface area (Å²) in [6, 6.07) is 9.70. The maximum absolute atomic E-state index is 13.3. The van der Waals surface area contributed by atoms with Crippen LogP contribution in [-0.2, 0) is 0 Å². The molecule has 6 heteroatoms. The van der Waals surface area contributed by atoms with Crippen molar-refractivity contribution in [2.24, 2.45) is 0 Å². The van der Waals surface area contributed by atoms with Crippen molar-refractivity contribution in [1.29, 1.82) is 0 Å². The fourth-order valence-electron chi connectivity index (χ4n) is 2.07. The molecule has 3 rings (SSSR count). The van der Waals surface area contributed by atoms with Crippen LogP contribution in [0.3, 0.4) is 0 Å². The van der Waals surface area contributed by atoms with Gasteiger partial charge in [-0.25, -0.2) is 13.8 Å². The third-order valence-corrected chi connectivity index (χ3v) is 3.07. The first-order valence-electron chi connectivity index (χ1n) is 6.10. The zero-order valence-corrected chi connectivity index (χ0v) is 11.0. The fourth-order valence-corrected chi connectivity index (χ4v) is 2.07. The molecule has 0 amide bonds. The monoisotopic (exact) mass is 287 g/mol. The number of halogens is 1. The van der Waals surface area contributed by atoms with Crippen LogP contribution in [0, 0.1) is 5.82 Å². The molecule has 21 heavy (non-hydrogen) atoms. The van der Waals surface area contributed by atoms with Gasteiger partial charge in [0.2, 0.25) is 0 Å². The van der Waals surface area contributed by atoms with Crippen LogP contribution in [0.2, 0.25) is 0 Å². The molecular formula is C15H10FNO4. The van der Waals surface area contributed by atoms with E-state index in [1.54, 1.807) is 6.07 Å². The number of aromatic nitrogens is 1. The SMILES string of the molecule is COc1ccc2oc(=O)n(-c3cccc(F)c3)c(=O)c2c1. The number of ether oxygens (including phenoxy) is 1. The highest BCUT2D eigenvalue weighted by atomic mass is 19.1. The second-order valence-corrected chi connectivity index (χ2v) is 4.35. The number of nitrogens with zero attached hydrogens (tertiary/aromatic N) is 1. The van der Waals surface area contributed by atoms with Gasteiger partial charge in [0.1, 0.15) is 17.1 Å². The van der Waals surface area contributed by atoms with Gasteiger partial charge in [0.05, 0.1) is 18.2 Å². The summed E-state index contributed by atoms with van der Waals surface area (Å²) in [7, 11) is 1.46. The molecule has 0 radical (unpaired) electrons. The smallest absolute Gasteiger partial charge is 0.426 e. The van der Waals surface area contributed by atoms with Gasteiger partial charge in [-0.3, -0.25) is 4.79 Å². The second kappa shape index (κ2) is 4.90. The largest absolute Gasteiger partial charge is 0.497 e. The van der Waals surface area contributed by atoms with Gasteiger partial charge in [-0.1, -0.05) is 6.07 Å². The van der Waals surface area contributed by atoms with Crippen molar-refractivity contribution < 1.29 is 13.5 Å². The van der Waals surface area contributed by atoms with Gasteiger partial charge in [0.15, 0.2) is 0 Å². The lowest BCUT2D eigenvalue weighted by atomic mass is 10.2. The van der Waals surface area contributed by atoms with E-state index in [9.17, 15) is 14.0 Å². The standard InChI is InChI=1S/C15H10FNO4/c1-20-11-5-6-13-12(8-11)14(18)17(15(19)21-13)10-4-2-3-9(16)7-10/h2-8H,1H3. The third kappa shape index (κ3) is 2.20. The van der Waals surface area contributed by atoms with E-state index in [-0.39, 0.29) is 16.7 Å². The summed E-state index contributed by atoms with van der Waals surface area (Å²) in [5.74, 6) is -0.966. The summed E-state index contributed by atoms with van der Waals surface area (Å²) in [4.78, 5) is 24.4. The molecule has 0 aliphatic heterocycles. The fraction of sp³-hybridized carbons (Fsp3) is 0.0667. The van der Waals surface area contributed by atoms with E-state index in [4.69, 9.17) is 9.15 Å². The quantitative estimate of drug-likeness (QED) is 0.724. The topological polar surface area (TPSA) is 61.4 Å². The molecule has 0 N–H and O–H groups in total. The molecule has 0 aliphatic carbocycles. The molecule has 0 saturated carbocycles. The van der Waals surface area contributed by atoms with Gasteiger partial charge >= 0.3 is 5.76 Å². The van der Waals surface area contributed by atoms with E-state index in [2.05, 4.69) is 0 Å². The Morgan fingerprint density at radius 2 is 1.95 bits per heavy atom. The lowest BCUT2D eigenvalue weighted by Crippen LogP contribution is -2.31. The van der Waals surface area contributed by atoms with Crippen molar-refractivity contribution in [2.45, 2.75) is 0 Å². The molecule has 5 nitrogen and oxygen atoms in total. The predicted molar refractivity (Wildman–Crippen MR) is 74.6 cm³/mol. The summed E-state index contributed by atoms with van der Waals surface area (Å²) in [6.07, 6.45) is 0. The van der Waals surface area contributed by atoms with E-state index in [1.807, 2.05) is 0 Å². The molecule has 106 valence electrons. The Morgan fingerprint density at radius 1 is 1.14 bits per heavy atom. The average molecular weight is 287 g/mol. The Labute approximate surface area is 117 Å². The first-order chi connectivity index (χ1) is 10.1. The van der Waals surface area contributed by atoms with Crippen molar-refractivity contribution in [3.05, 3.63) is 69.2 Å². The van der Waals surface area contributed by atoms with Crippen LogP contribution in [0.5, 0.6) is 5.75 Å². The Balaban J connectivity index is 2.38. The van der Waals surface area contributed by atoms with Crippen molar-refractivity contribution in [1.82, 2.24) is 4.57 Å². The molecule has 0 atom stereocenters. The third-order valence-electron chi connectivity index (χ3n) is 3.07. The van der Waals surface area contributed by atoms with Crippen molar-refractivity contribution in [3.8, 4) is 11.4 Å². The highest BCUT2D eigenvalue weighted by Gasteiger charge is 2.12. The molecule has 0 bridgehead atoms. The second-order valence-electron chi connectivity index (χ2n) is 4.35. The summed E-state index contributed by atoms with van der Waals surface area (Å²) in [5, 5.41) is 0.179. The van der Waals surface area contributed by atoms with Crippen LogP contribution in [-0.4, -0.2) is 11.7 Å². The minimum atomic E-state index is -0.872. The molecule has 1 heterocycles. The highest BCUT2D eigenvalue weighted by molar-refractivity contribution is 5.77. The summed E-state index contributed by atoms with van der Waals surface area (Å²) < 4.78 is 24.2. The lowest BCUT2D eigenvalue weighted by Gasteiger charge is -2.06. The molecule has 2 aromatic carbocycles. The highest BCUT2D eigenvalue weighted by Crippen LogP contribution is 2.17. The molecule has 0 fully saturated rings. The molecular weight excluding hydrogens is 277 g/mol. The zero-order chi connectivity index (χ0) is 15.0. The summed E-state index contributed by atoms with van der Waals surface area (Å²) >= 11 is 0. The zero-order valence-electron chi connectivity index (χ0n) is 11.0. The Hall–Kier alpha value is -2.89. The number of rotatable bonds is 2. The van der Waals surface area contributed by atoms with Gasteiger partial charge in [0.25, 0.3) is 5.56 Å². The molecule has 0 saturated heterocycles. The van der Waals surface area contributed by atoms with Gasteiger partial charge in [-0.15, -0.1) is 0 Å². The van der Waals surface area contributed by atoms with Gasteiger partial charge in [-0.2, -0.15) is 0 Å². The van der Waals surface area contributed by atoms with Gasteiger partial charge < -0.3 is 9.15 Å². The van der Waals surface area contributed by atoms with Crippen molar-refractivity contribution in [2.75, 3.05) is 7.11 Å². The van der Waals surface area contributed by atoms with Crippen LogP contribution in [0.25, 0.3) is 16.7 Å². The van der Waals surface area contributed by atoms with Crippen LogP contribution < -0.4 is 16.1 Å². The van der Waals surface area contributed by atoms with E-state index in [0.29, 0.717) is 5.75 Å². The Bertz CT molecular complexity index is 942. The summed E-state index contributed by atoms with van der Waals surface area (Å²) in [6.45, 7) is 0. The molecule has 3 aromatic rings. The average Bonchev–Trinajstić information content (AvgIpc) is 2.47. The maximum Gasteiger partial charge on any atom is 0.426 e. The number of hydrogen-bond donors (Lipinski definition) is 0. The van der Waals surface area contributed by atoms with Crippen molar-refractivity contribution >= 4 is 11.0 Å². The Kier molecular flexibility index (Phi) is 3.06. The van der Waals surface area contributed by atoms with Crippen LogP contribution in [0.4, 0.5) is 4.39 Å². The van der Waals surface area contributed by atoms with E-state index in [0.717, 1.165) is 10.6 Å². The molecule has 0 unspecified atom stereocenters. The van der Waals surface area contributed by atoms with Crippen LogP contribution >= 0.6 is 0 Å². The number of benzene rings is 2. The minimum Gasteiger partial charge on any atom is -0.497 e. The Morgan fingerprint density at radius 3 is 2.67 bits per heavy atom. The van der Waals surface area contributed by atoms with E-state index in [1.165, 1.54) is 37.4 Å². The predicted octanol–water partition coefficient (Wildman–Crippen LogP) is 2.09. The van der Waals surface area contributed by atoms with E-state index < -0.39 is 17.1 Å². The first kappa shape index (κ1) is 13.1. The van der Waals surface area contributed by atoms with Gasteiger partial charge in [0, 0.05) is 0 Å². The number of hydrogen-bond acceptors (Lipinski definition) is 4. The lowest BCUT2D eigenvalue weighted by molar-refractivity contribution is 0.414.